The number of amides is 1. The highest BCUT2D eigenvalue weighted by atomic mass is 16.5. The lowest BCUT2D eigenvalue weighted by Gasteiger charge is -2.37. The molecule has 6 nitrogen and oxygen atoms in total. The molecule has 0 saturated carbocycles. The molecule has 1 spiro atoms. The van der Waals surface area contributed by atoms with Gasteiger partial charge >= 0.3 is 0 Å². The summed E-state index contributed by atoms with van der Waals surface area (Å²) in [5, 5.41) is 8.38. The van der Waals surface area contributed by atoms with Gasteiger partial charge in [-0.25, -0.2) is 0 Å². The molecule has 3 rings (SSSR count). The maximum Gasteiger partial charge on any atom is 0.222 e. The van der Waals surface area contributed by atoms with Crippen LogP contribution in [-0.4, -0.2) is 51.9 Å². The molecule has 0 aromatic carbocycles. The van der Waals surface area contributed by atoms with Crippen molar-refractivity contribution in [3.05, 3.63) is 12.2 Å². The minimum absolute atomic E-state index is 0.103. The first-order valence-electron chi connectivity index (χ1n) is 8.21. The van der Waals surface area contributed by atoms with Crippen molar-refractivity contribution in [2.24, 2.45) is 18.4 Å². The van der Waals surface area contributed by atoms with Gasteiger partial charge in [0.1, 0.15) is 12.2 Å². The molecule has 1 unspecified atom stereocenters. The van der Waals surface area contributed by atoms with E-state index in [1.807, 2.05) is 16.5 Å². The molecule has 0 radical (unpaired) electrons. The van der Waals surface area contributed by atoms with Crippen LogP contribution in [0.2, 0.25) is 0 Å². The lowest BCUT2D eigenvalue weighted by atomic mass is 9.72. The van der Waals surface area contributed by atoms with E-state index in [0.717, 1.165) is 45.0 Å². The Hall–Kier alpha value is -1.43. The monoisotopic (exact) mass is 306 g/mol. The highest BCUT2D eigenvalue weighted by molar-refractivity contribution is 5.77. The zero-order valence-corrected chi connectivity index (χ0v) is 13.8. The van der Waals surface area contributed by atoms with Crippen LogP contribution in [0.4, 0.5) is 0 Å². The van der Waals surface area contributed by atoms with Crippen LogP contribution in [0.5, 0.6) is 0 Å². The summed E-state index contributed by atoms with van der Waals surface area (Å²) in [6, 6.07) is 0. The molecule has 2 aliphatic rings. The van der Waals surface area contributed by atoms with Crippen LogP contribution in [0.1, 0.15) is 44.9 Å². The first-order valence-corrected chi connectivity index (χ1v) is 8.21. The summed E-state index contributed by atoms with van der Waals surface area (Å²) in [6.45, 7) is 7.34. The number of ether oxygens (including phenoxy) is 1. The third-order valence-corrected chi connectivity index (χ3v) is 5.13. The fourth-order valence-corrected chi connectivity index (χ4v) is 3.88. The largest absolute Gasteiger partial charge is 0.381 e. The van der Waals surface area contributed by atoms with E-state index in [2.05, 4.69) is 24.0 Å². The molecule has 6 heteroatoms. The molecule has 122 valence electrons. The average Bonchev–Trinajstić information content (AvgIpc) is 3.03. The third-order valence-electron chi connectivity index (χ3n) is 5.13. The average molecular weight is 306 g/mol. The molecule has 0 bridgehead atoms. The smallest absolute Gasteiger partial charge is 0.222 e. The Kier molecular flexibility index (Phi) is 4.21. The van der Waals surface area contributed by atoms with Crippen LogP contribution >= 0.6 is 0 Å². The van der Waals surface area contributed by atoms with E-state index in [1.54, 1.807) is 6.33 Å². The van der Waals surface area contributed by atoms with Crippen molar-refractivity contribution in [2.45, 2.75) is 39.0 Å². The van der Waals surface area contributed by atoms with Gasteiger partial charge in [0, 0.05) is 51.1 Å². The molecule has 2 saturated heterocycles. The van der Waals surface area contributed by atoms with Crippen molar-refractivity contribution >= 4 is 5.91 Å². The van der Waals surface area contributed by atoms with E-state index in [0.29, 0.717) is 12.3 Å². The Morgan fingerprint density at radius 3 is 2.77 bits per heavy atom. The predicted octanol–water partition coefficient (Wildman–Crippen LogP) is 1.58. The van der Waals surface area contributed by atoms with Gasteiger partial charge in [0.25, 0.3) is 0 Å². The summed E-state index contributed by atoms with van der Waals surface area (Å²) >= 11 is 0. The van der Waals surface area contributed by atoms with Crippen LogP contribution in [-0.2, 0) is 16.6 Å². The molecule has 2 aliphatic heterocycles. The van der Waals surface area contributed by atoms with Crippen LogP contribution < -0.4 is 0 Å². The van der Waals surface area contributed by atoms with E-state index in [9.17, 15) is 4.79 Å². The molecule has 2 fully saturated rings. The minimum atomic E-state index is 0.103. The first-order chi connectivity index (χ1) is 10.5. The van der Waals surface area contributed by atoms with Gasteiger partial charge in [-0.2, -0.15) is 0 Å². The zero-order valence-electron chi connectivity index (χ0n) is 13.8. The Balaban J connectivity index is 1.86. The van der Waals surface area contributed by atoms with Gasteiger partial charge in [0.15, 0.2) is 0 Å². The van der Waals surface area contributed by atoms with E-state index in [-0.39, 0.29) is 17.2 Å². The number of carbonyl (C=O) groups excluding carboxylic acids is 1. The number of likely N-dealkylation sites (tertiary alicyclic amines) is 1. The number of carbonyl (C=O) groups is 1. The molecule has 0 N–H and O–H groups in total. The minimum Gasteiger partial charge on any atom is -0.381 e. The molecule has 1 aromatic rings. The third kappa shape index (κ3) is 2.76. The van der Waals surface area contributed by atoms with E-state index in [4.69, 9.17) is 4.74 Å². The first kappa shape index (κ1) is 15.5. The molecule has 3 heterocycles. The Morgan fingerprint density at radius 2 is 2.18 bits per heavy atom. The zero-order chi connectivity index (χ0) is 15.7. The van der Waals surface area contributed by atoms with Gasteiger partial charge in [0.2, 0.25) is 5.91 Å². The van der Waals surface area contributed by atoms with Crippen molar-refractivity contribution in [1.29, 1.82) is 0 Å². The summed E-state index contributed by atoms with van der Waals surface area (Å²) in [5.41, 5.74) is 0.103. The fourth-order valence-electron chi connectivity index (χ4n) is 3.88. The second-order valence-electron chi connectivity index (χ2n) is 7.20. The molecule has 22 heavy (non-hydrogen) atoms. The SMILES string of the molecule is CC(C)CC(=O)N1CC(c2nncn2C)C2(CCOCC2)C1. The van der Waals surface area contributed by atoms with Gasteiger partial charge < -0.3 is 14.2 Å². The van der Waals surface area contributed by atoms with Crippen LogP contribution in [0, 0.1) is 11.3 Å². The van der Waals surface area contributed by atoms with E-state index >= 15 is 0 Å². The van der Waals surface area contributed by atoms with Crippen molar-refractivity contribution in [1.82, 2.24) is 19.7 Å². The molecule has 0 aliphatic carbocycles. The van der Waals surface area contributed by atoms with Gasteiger partial charge in [-0.3, -0.25) is 4.79 Å². The van der Waals surface area contributed by atoms with Crippen molar-refractivity contribution in [3.8, 4) is 0 Å². The molecular weight excluding hydrogens is 280 g/mol. The summed E-state index contributed by atoms with van der Waals surface area (Å²) in [5.74, 6) is 1.93. The Labute approximate surface area is 131 Å². The topological polar surface area (TPSA) is 60.2 Å². The number of hydrogen-bond acceptors (Lipinski definition) is 4. The van der Waals surface area contributed by atoms with Crippen molar-refractivity contribution in [3.63, 3.8) is 0 Å². The summed E-state index contributed by atoms with van der Waals surface area (Å²) in [7, 11) is 1.99. The van der Waals surface area contributed by atoms with Crippen molar-refractivity contribution in [2.75, 3.05) is 26.3 Å². The Bertz CT molecular complexity index is 534. The second-order valence-corrected chi connectivity index (χ2v) is 7.20. The van der Waals surface area contributed by atoms with Crippen LogP contribution in [0.15, 0.2) is 6.33 Å². The number of rotatable bonds is 3. The van der Waals surface area contributed by atoms with Crippen LogP contribution in [0.3, 0.4) is 0 Å². The maximum atomic E-state index is 12.5. The number of hydrogen-bond donors (Lipinski definition) is 0. The fraction of sp³-hybridized carbons (Fsp3) is 0.812. The number of aryl methyl sites for hydroxylation is 1. The quantitative estimate of drug-likeness (QED) is 0.851. The van der Waals surface area contributed by atoms with E-state index in [1.165, 1.54) is 0 Å². The second kappa shape index (κ2) is 5.99. The summed E-state index contributed by atoms with van der Waals surface area (Å²) in [6.07, 6.45) is 4.37. The Morgan fingerprint density at radius 1 is 1.45 bits per heavy atom. The lowest BCUT2D eigenvalue weighted by Crippen LogP contribution is -2.37. The molecule has 1 atom stereocenters. The highest BCUT2D eigenvalue weighted by Crippen LogP contribution is 2.49. The summed E-state index contributed by atoms with van der Waals surface area (Å²) < 4.78 is 7.56. The molecule has 1 aromatic heterocycles. The maximum absolute atomic E-state index is 12.5. The number of aromatic nitrogens is 3. The predicted molar refractivity (Wildman–Crippen MR) is 82.3 cm³/mol. The van der Waals surface area contributed by atoms with E-state index < -0.39 is 0 Å². The molecule has 1 amide bonds. The van der Waals surface area contributed by atoms with Gasteiger partial charge in [-0.15, -0.1) is 10.2 Å². The van der Waals surface area contributed by atoms with Gasteiger partial charge in [-0.05, 0) is 18.8 Å². The highest BCUT2D eigenvalue weighted by Gasteiger charge is 2.50. The normalized spacial score (nSPS) is 24.4. The molecular formula is C16H26N4O2. The van der Waals surface area contributed by atoms with Crippen molar-refractivity contribution < 1.29 is 9.53 Å². The van der Waals surface area contributed by atoms with Gasteiger partial charge in [-0.1, -0.05) is 13.8 Å². The lowest BCUT2D eigenvalue weighted by molar-refractivity contribution is -0.131. The number of nitrogens with zero attached hydrogens (tertiary/aromatic N) is 4. The van der Waals surface area contributed by atoms with Gasteiger partial charge in [0.05, 0.1) is 0 Å². The summed E-state index contributed by atoms with van der Waals surface area (Å²) in [4.78, 5) is 14.6. The van der Waals surface area contributed by atoms with Crippen LogP contribution in [0.25, 0.3) is 0 Å². The standard InChI is InChI=1S/C16H26N4O2/c1-12(2)8-14(21)20-9-13(15-18-17-11-19(15)3)16(10-20)4-6-22-7-5-16/h11-13H,4-10H2,1-3H3.